The minimum atomic E-state index is 0.0930. The molecule has 5 nitrogen and oxygen atoms in total. The molecule has 1 amide bonds. The summed E-state index contributed by atoms with van der Waals surface area (Å²) in [6.45, 7) is 5.11. The number of morpholine rings is 1. The molecule has 0 aromatic carbocycles. The molecule has 1 atom stereocenters. The molecular weight excluding hydrogens is 286 g/mol. The number of ether oxygens (including phenoxy) is 1. The van der Waals surface area contributed by atoms with E-state index in [1.54, 1.807) is 11.8 Å². The molecule has 0 aliphatic carbocycles. The third-order valence-corrected chi connectivity index (χ3v) is 4.01. The van der Waals surface area contributed by atoms with Crippen LogP contribution in [-0.4, -0.2) is 48.7 Å². The SMILES string of the molecule is CSCCC(=O)NCc1ccc(N2CCOC(C)C2)nc1. The maximum absolute atomic E-state index is 11.6. The van der Waals surface area contributed by atoms with E-state index in [1.165, 1.54) is 0 Å². The van der Waals surface area contributed by atoms with Gasteiger partial charge in [-0.2, -0.15) is 11.8 Å². The smallest absolute Gasteiger partial charge is 0.221 e. The summed E-state index contributed by atoms with van der Waals surface area (Å²) in [6.07, 6.45) is 4.65. The molecule has 0 radical (unpaired) electrons. The molecule has 0 bridgehead atoms. The Labute approximate surface area is 130 Å². The number of carbonyl (C=O) groups excluding carboxylic acids is 1. The molecule has 2 rings (SSSR count). The van der Waals surface area contributed by atoms with Crippen LogP contribution >= 0.6 is 11.8 Å². The molecule has 1 aliphatic rings. The largest absolute Gasteiger partial charge is 0.375 e. The Morgan fingerprint density at radius 2 is 2.43 bits per heavy atom. The van der Waals surface area contributed by atoms with Crippen molar-refractivity contribution in [3.8, 4) is 0 Å². The van der Waals surface area contributed by atoms with Crippen molar-refractivity contribution in [2.75, 3.05) is 36.6 Å². The van der Waals surface area contributed by atoms with Gasteiger partial charge in [0, 0.05) is 38.0 Å². The van der Waals surface area contributed by atoms with Crippen LogP contribution in [0.15, 0.2) is 18.3 Å². The average molecular weight is 309 g/mol. The highest BCUT2D eigenvalue weighted by molar-refractivity contribution is 7.98. The van der Waals surface area contributed by atoms with E-state index in [1.807, 2.05) is 24.6 Å². The Morgan fingerprint density at radius 1 is 1.57 bits per heavy atom. The summed E-state index contributed by atoms with van der Waals surface area (Å²) in [5.41, 5.74) is 1.03. The minimum Gasteiger partial charge on any atom is -0.375 e. The number of nitrogens with zero attached hydrogens (tertiary/aromatic N) is 2. The van der Waals surface area contributed by atoms with Gasteiger partial charge in [-0.3, -0.25) is 4.79 Å². The highest BCUT2D eigenvalue weighted by Crippen LogP contribution is 2.15. The van der Waals surface area contributed by atoms with Crippen molar-refractivity contribution in [3.05, 3.63) is 23.9 Å². The quantitative estimate of drug-likeness (QED) is 0.866. The molecule has 21 heavy (non-hydrogen) atoms. The first-order chi connectivity index (χ1) is 10.2. The number of anilines is 1. The molecule has 1 unspecified atom stereocenters. The van der Waals surface area contributed by atoms with Crippen LogP contribution in [-0.2, 0) is 16.1 Å². The number of hydrogen-bond acceptors (Lipinski definition) is 5. The monoisotopic (exact) mass is 309 g/mol. The van der Waals surface area contributed by atoms with Gasteiger partial charge in [-0.25, -0.2) is 4.98 Å². The number of amides is 1. The standard InChI is InChI=1S/C15H23N3O2S/c1-12-11-18(6-7-20-12)14-4-3-13(9-16-14)10-17-15(19)5-8-21-2/h3-4,9,12H,5-8,10-11H2,1-2H3,(H,17,19). The van der Waals surface area contributed by atoms with E-state index in [0.29, 0.717) is 13.0 Å². The van der Waals surface area contributed by atoms with Crippen LogP contribution in [0.1, 0.15) is 18.9 Å². The van der Waals surface area contributed by atoms with E-state index in [9.17, 15) is 4.79 Å². The number of aromatic nitrogens is 1. The van der Waals surface area contributed by atoms with Crippen molar-refractivity contribution in [1.29, 1.82) is 0 Å². The van der Waals surface area contributed by atoms with Gasteiger partial charge in [-0.05, 0) is 24.8 Å². The number of hydrogen-bond donors (Lipinski definition) is 1. The number of carbonyl (C=O) groups is 1. The third-order valence-electron chi connectivity index (χ3n) is 3.40. The lowest BCUT2D eigenvalue weighted by Gasteiger charge is -2.32. The van der Waals surface area contributed by atoms with Gasteiger partial charge in [0.05, 0.1) is 12.7 Å². The van der Waals surface area contributed by atoms with Crippen molar-refractivity contribution in [3.63, 3.8) is 0 Å². The molecule has 1 saturated heterocycles. The minimum absolute atomic E-state index is 0.0930. The second-order valence-corrected chi connectivity index (χ2v) is 6.16. The first kappa shape index (κ1) is 16.1. The molecule has 1 N–H and O–H groups in total. The summed E-state index contributed by atoms with van der Waals surface area (Å²) in [5, 5.41) is 2.91. The lowest BCUT2D eigenvalue weighted by molar-refractivity contribution is -0.120. The Hall–Kier alpha value is -1.27. The Balaban J connectivity index is 1.83. The van der Waals surface area contributed by atoms with Gasteiger partial charge in [0.2, 0.25) is 5.91 Å². The maximum Gasteiger partial charge on any atom is 0.221 e. The number of rotatable bonds is 6. The normalized spacial score (nSPS) is 18.6. The zero-order valence-electron chi connectivity index (χ0n) is 12.7. The molecule has 0 saturated carbocycles. The predicted molar refractivity (Wildman–Crippen MR) is 86.7 cm³/mol. The number of pyridine rings is 1. The van der Waals surface area contributed by atoms with Gasteiger partial charge in [0.25, 0.3) is 0 Å². The summed E-state index contributed by atoms with van der Waals surface area (Å²) in [5.74, 6) is 1.93. The first-order valence-electron chi connectivity index (χ1n) is 7.26. The molecular formula is C15H23N3O2S. The van der Waals surface area contributed by atoms with E-state index < -0.39 is 0 Å². The maximum atomic E-state index is 11.6. The summed E-state index contributed by atoms with van der Waals surface area (Å²) in [6, 6.07) is 4.04. The van der Waals surface area contributed by atoms with Crippen molar-refractivity contribution in [1.82, 2.24) is 10.3 Å². The van der Waals surface area contributed by atoms with Crippen LogP contribution in [0.25, 0.3) is 0 Å². The molecule has 6 heteroatoms. The van der Waals surface area contributed by atoms with Gasteiger partial charge in [0.1, 0.15) is 5.82 Å². The fourth-order valence-corrected chi connectivity index (χ4v) is 2.61. The highest BCUT2D eigenvalue weighted by Gasteiger charge is 2.17. The fourth-order valence-electron chi connectivity index (χ4n) is 2.22. The number of nitrogens with one attached hydrogen (secondary N) is 1. The van der Waals surface area contributed by atoms with Gasteiger partial charge in [0.15, 0.2) is 0 Å². The van der Waals surface area contributed by atoms with E-state index in [-0.39, 0.29) is 12.0 Å². The first-order valence-corrected chi connectivity index (χ1v) is 8.65. The van der Waals surface area contributed by atoms with E-state index in [0.717, 1.165) is 36.8 Å². The Morgan fingerprint density at radius 3 is 3.10 bits per heavy atom. The van der Waals surface area contributed by atoms with Crippen LogP contribution in [0.4, 0.5) is 5.82 Å². The zero-order chi connectivity index (χ0) is 15.1. The predicted octanol–water partition coefficient (Wildman–Crippen LogP) is 1.68. The van der Waals surface area contributed by atoms with Crippen molar-refractivity contribution < 1.29 is 9.53 Å². The second-order valence-electron chi connectivity index (χ2n) is 5.17. The molecule has 1 aromatic rings. The van der Waals surface area contributed by atoms with Gasteiger partial charge < -0.3 is 15.0 Å². The van der Waals surface area contributed by atoms with Gasteiger partial charge >= 0.3 is 0 Å². The summed E-state index contributed by atoms with van der Waals surface area (Å²) < 4.78 is 5.53. The fraction of sp³-hybridized carbons (Fsp3) is 0.600. The number of thioether (sulfide) groups is 1. The van der Waals surface area contributed by atoms with Crippen molar-refractivity contribution in [2.45, 2.75) is 26.0 Å². The Kier molecular flexibility index (Phi) is 6.32. The van der Waals surface area contributed by atoms with Crippen molar-refractivity contribution in [2.24, 2.45) is 0 Å². The van der Waals surface area contributed by atoms with E-state index >= 15 is 0 Å². The Bertz CT molecular complexity index is 453. The lowest BCUT2D eigenvalue weighted by atomic mass is 10.2. The van der Waals surface area contributed by atoms with Crippen LogP contribution in [0.5, 0.6) is 0 Å². The molecule has 2 heterocycles. The zero-order valence-corrected chi connectivity index (χ0v) is 13.5. The van der Waals surface area contributed by atoms with Crippen LogP contribution in [0.3, 0.4) is 0 Å². The summed E-state index contributed by atoms with van der Waals surface area (Å²) in [4.78, 5) is 18.3. The lowest BCUT2D eigenvalue weighted by Crippen LogP contribution is -2.41. The van der Waals surface area contributed by atoms with Gasteiger partial charge in [-0.15, -0.1) is 0 Å². The summed E-state index contributed by atoms with van der Waals surface area (Å²) >= 11 is 1.68. The molecule has 1 aromatic heterocycles. The van der Waals surface area contributed by atoms with Crippen LogP contribution in [0.2, 0.25) is 0 Å². The van der Waals surface area contributed by atoms with Crippen molar-refractivity contribution >= 4 is 23.5 Å². The van der Waals surface area contributed by atoms with E-state index in [2.05, 4.69) is 22.1 Å². The second kappa shape index (κ2) is 8.24. The summed E-state index contributed by atoms with van der Waals surface area (Å²) in [7, 11) is 0. The molecule has 1 fully saturated rings. The van der Waals surface area contributed by atoms with Crippen LogP contribution in [0, 0.1) is 0 Å². The average Bonchev–Trinajstić information content (AvgIpc) is 2.51. The van der Waals surface area contributed by atoms with E-state index in [4.69, 9.17) is 4.74 Å². The molecule has 0 spiro atoms. The highest BCUT2D eigenvalue weighted by atomic mass is 32.2. The van der Waals surface area contributed by atoms with Gasteiger partial charge in [-0.1, -0.05) is 6.07 Å². The molecule has 1 aliphatic heterocycles. The van der Waals surface area contributed by atoms with Crippen LogP contribution < -0.4 is 10.2 Å². The molecule has 116 valence electrons. The third kappa shape index (κ3) is 5.21. The topological polar surface area (TPSA) is 54.5 Å².